The summed E-state index contributed by atoms with van der Waals surface area (Å²) in [6.07, 6.45) is 3.07. The Balaban J connectivity index is 1.37. The zero-order chi connectivity index (χ0) is 21.8. The Morgan fingerprint density at radius 1 is 1.16 bits per heavy atom. The van der Waals surface area contributed by atoms with Crippen LogP contribution in [0.3, 0.4) is 0 Å². The smallest absolute Gasteiger partial charge is 0.289 e. The zero-order valence-corrected chi connectivity index (χ0v) is 18.0. The second-order valence-electron chi connectivity index (χ2n) is 8.08. The van der Waals surface area contributed by atoms with Crippen LogP contribution in [0.15, 0.2) is 53.1 Å². The van der Waals surface area contributed by atoms with E-state index in [1.165, 1.54) is 11.8 Å². The third-order valence-corrected chi connectivity index (χ3v) is 5.96. The van der Waals surface area contributed by atoms with Gasteiger partial charge in [-0.15, -0.1) is 0 Å². The predicted octanol–water partition coefficient (Wildman–Crippen LogP) is 3.31. The number of hydrogen-bond donors (Lipinski definition) is 1. The van der Waals surface area contributed by atoms with E-state index < -0.39 is 0 Å². The Hall–Kier alpha value is -3.35. The van der Waals surface area contributed by atoms with Gasteiger partial charge in [-0.05, 0) is 44.4 Å². The molecule has 1 saturated heterocycles. The molecule has 2 aromatic heterocycles. The Labute approximate surface area is 182 Å². The van der Waals surface area contributed by atoms with Crippen molar-refractivity contribution < 1.29 is 14.0 Å². The molecule has 2 amide bonds. The van der Waals surface area contributed by atoms with Gasteiger partial charge in [0.15, 0.2) is 5.76 Å². The molecule has 4 rings (SSSR count). The first kappa shape index (κ1) is 20.9. The van der Waals surface area contributed by atoms with Crippen molar-refractivity contribution >= 4 is 11.8 Å². The lowest BCUT2D eigenvalue weighted by atomic mass is 9.96. The van der Waals surface area contributed by atoms with Gasteiger partial charge in [-0.2, -0.15) is 5.10 Å². The first-order chi connectivity index (χ1) is 15.0. The molecule has 1 atom stereocenters. The van der Waals surface area contributed by atoms with Crippen molar-refractivity contribution in [2.24, 2.45) is 5.92 Å². The molecule has 3 aromatic rings. The Kier molecular flexibility index (Phi) is 6.21. The quantitative estimate of drug-likeness (QED) is 0.663. The van der Waals surface area contributed by atoms with Crippen molar-refractivity contribution in [2.75, 3.05) is 13.1 Å². The van der Waals surface area contributed by atoms with Crippen LogP contribution < -0.4 is 5.32 Å². The summed E-state index contributed by atoms with van der Waals surface area (Å²) in [7, 11) is 0. The molecule has 3 heterocycles. The third kappa shape index (κ3) is 4.71. The maximum atomic E-state index is 12.8. The average molecular weight is 421 g/mol. The largest absolute Gasteiger partial charge is 0.459 e. The molecule has 0 bridgehead atoms. The molecule has 1 aliphatic heterocycles. The molecular formula is C24H28N4O3. The fraction of sp³-hybridized carbons (Fsp3) is 0.375. The number of rotatable bonds is 6. The number of aryl methyl sites for hydroxylation is 1. The third-order valence-electron chi connectivity index (χ3n) is 5.96. The highest BCUT2D eigenvalue weighted by molar-refractivity contribution is 5.92. The van der Waals surface area contributed by atoms with Crippen molar-refractivity contribution in [2.45, 2.75) is 39.8 Å². The lowest BCUT2D eigenvalue weighted by Crippen LogP contribution is -2.45. The van der Waals surface area contributed by atoms with E-state index in [-0.39, 0.29) is 17.7 Å². The van der Waals surface area contributed by atoms with Gasteiger partial charge in [-0.1, -0.05) is 30.3 Å². The van der Waals surface area contributed by atoms with Crippen LogP contribution in [-0.4, -0.2) is 39.6 Å². The molecule has 0 unspecified atom stereocenters. The van der Waals surface area contributed by atoms with Crippen molar-refractivity contribution in [3.63, 3.8) is 0 Å². The summed E-state index contributed by atoms with van der Waals surface area (Å²) >= 11 is 0. The summed E-state index contributed by atoms with van der Waals surface area (Å²) in [4.78, 5) is 27.1. The van der Waals surface area contributed by atoms with E-state index in [1.54, 1.807) is 17.0 Å². The SMILES string of the molecule is Cc1nn(Cc2ccccc2)c(C)c1CNC(=O)[C@@H]1CCCN(C(=O)c2ccco2)C1. The molecule has 1 aliphatic rings. The van der Waals surface area contributed by atoms with Crippen LogP contribution in [-0.2, 0) is 17.9 Å². The Morgan fingerprint density at radius 2 is 1.97 bits per heavy atom. The van der Waals surface area contributed by atoms with E-state index >= 15 is 0 Å². The highest BCUT2D eigenvalue weighted by Gasteiger charge is 2.30. The number of hydrogen-bond acceptors (Lipinski definition) is 4. The number of carbonyl (C=O) groups is 2. The second kappa shape index (κ2) is 9.20. The van der Waals surface area contributed by atoms with E-state index in [9.17, 15) is 9.59 Å². The number of nitrogens with one attached hydrogen (secondary N) is 1. The minimum Gasteiger partial charge on any atom is -0.459 e. The molecule has 7 nitrogen and oxygen atoms in total. The van der Waals surface area contributed by atoms with E-state index in [2.05, 4.69) is 22.5 Å². The van der Waals surface area contributed by atoms with Gasteiger partial charge in [0.25, 0.3) is 5.91 Å². The summed E-state index contributed by atoms with van der Waals surface area (Å²) in [5.74, 6) is -0.0753. The highest BCUT2D eigenvalue weighted by atomic mass is 16.3. The predicted molar refractivity (Wildman–Crippen MR) is 116 cm³/mol. The van der Waals surface area contributed by atoms with Crippen LogP contribution in [0.4, 0.5) is 0 Å². The molecule has 1 N–H and O–H groups in total. The van der Waals surface area contributed by atoms with Crippen molar-refractivity contribution in [3.8, 4) is 0 Å². The van der Waals surface area contributed by atoms with Crippen LogP contribution in [0.5, 0.6) is 0 Å². The number of aromatic nitrogens is 2. The van der Waals surface area contributed by atoms with Crippen LogP contribution in [0.1, 0.15) is 45.9 Å². The number of piperidine rings is 1. The van der Waals surface area contributed by atoms with Gasteiger partial charge in [-0.25, -0.2) is 0 Å². The summed E-state index contributed by atoms with van der Waals surface area (Å²) in [5, 5.41) is 7.73. The monoisotopic (exact) mass is 420 g/mol. The fourth-order valence-electron chi connectivity index (χ4n) is 4.15. The van der Waals surface area contributed by atoms with E-state index in [4.69, 9.17) is 4.42 Å². The zero-order valence-electron chi connectivity index (χ0n) is 18.0. The Bertz CT molecular complexity index is 1040. The van der Waals surface area contributed by atoms with Gasteiger partial charge in [-0.3, -0.25) is 14.3 Å². The summed E-state index contributed by atoms with van der Waals surface area (Å²) in [5.41, 5.74) is 4.21. The molecular weight excluding hydrogens is 392 g/mol. The molecule has 7 heteroatoms. The lowest BCUT2D eigenvalue weighted by Gasteiger charge is -2.31. The maximum Gasteiger partial charge on any atom is 0.289 e. The van der Waals surface area contributed by atoms with Gasteiger partial charge in [0.1, 0.15) is 0 Å². The number of carbonyl (C=O) groups excluding carboxylic acids is 2. The van der Waals surface area contributed by atoms with Gasteiger partial charge < -0.3 is 14.6 Å². The van der Waals surface area contributed by atoms with Crippen LogP contribution in [0.25, 0.3) is 0 Å². The molecule has 1 aromatic carbocycles. The lowest BCUT2D eigenvalue weighted by molar-refractivity contribution is -0.126. The van der Waals surface area contributed by atoms with Crippen LogP contribution >= 0.6 is 0 Å². The molecule has 0 spiro atoms. The van der Waals surface area contributed by atoms with E-state index in [0.29, 0.717) is 31.9 Å². The number of amides is 2. The standard InChI is InChI=1S/C24H28N4O3/c1-17-21(18(2)28(26-17)15-19-8-4-3-5-9-19)14-25-23(29)20-10-6-12-27(16-20)24(30)22-11-7-13-31-22/h3-5,7-9,11,13,20H,6,10,12,14-16H2,1-2H3,(H,25,29)/t20-/m1/s1. The number of benzene rings is 1. The molecule has 0 saturated carbocycles. The van der Waals surface area contributed by atoms with Gasteiger partial charge in [0, 0.05) is 30.9 Å². The first-order valence-electron chi connectivity index (χ1n) is 10.7. The van der Waals surface area contributed by atoms with Gasteiger partial charge in [0.2, 0.25) is 5.91 Å². The normalized spacial score (nSPS) is 16.3. The summed E-state index contributed by atoms with van der Waals surface area (Å²) in [6.45, 7) is 6.21. The first-order valence-corrected chi connectivity index (χ1v) is 10.7. The van der Waals surface area contributed by atoms with Gasteiger partial charge >= 0.3 is 0 Å². The van der Waals surface area contributed by atoms with Crippen LogP contribution in [0, 0.1) is 19.8 Å². The minimum absolute atomic E-state index is 0.0217. The number of nitrogens with zero attached hydrogens (tertiary/aromatic N) is 3. The van der Waals surface area contributed by atoms with E-state index in [1.807, 2.05) is 36.7 Å². The molecule has 1 fully saturated rings. The topological polar surface area (TPSA) is 80.4 Å². The summed E-state index contributed by atoms with van der Waals surface area (Å²) < 4.78 is 7.20. The average Bonchev–Trinajstić information content (AvgIpc) is 3.41. The minimum atomic E-state index is -0.215. The summed E-state index contributed by atoms with van der Waals surface area (Å²) in [6, 6.07) is 13.6. The molecule has 0 radical (unpaired) electrons. The highest BCUT2D eigenvalue weighted by Crippen LogP contribution is 2.20. The Morgan fingerprint density at radius 3 is 2.71 bits per heavy atom. The fourth-order valence-corrected chi connectivity index (χ4v) is 4.15. The van der Waals surface area contributed by atoms with Crippen molar-refractivity contribution in [1.29, 1.82) is 0 Å². The second-order valence-corrected chi connectivity index (χ2v) is 8.08. The van der Waals surface area contributed by atoms with Gasteiger partial charge in [0.05, 0.1) is 24.4 Å². The number of likely N-dealkylation sites (tertiary alicyclic amines) is 1. The molecule has 162 valence electrons. The van der Waals surface area contributed by atoms with Crippen molar-refractivity contribution in [1.82, 2.24) is 20.0 Å². The molecule has 0 aliphatic carbocycles. The van der Waals surface area contributed by atoms with Crippen molar-refractivity contribution in [3.05, 3.63) is 77.0 Å². The number of furan rings is 1. The maximum absolute atomic E-state index is 12.8. The molecule has 31 heavy (non-hydrogen) atoms. The van der Waals surface area contributed by atoms with Crippen LogP contribution in [0.2, 0.25) is 0 Å². The van der Waals surface area contributed by atoms with E-state index in [0.717, 1.165) is 29.8 Å².